The summed E-state index contributed by atoms with van der Waals surface area (Å²) in [5, 5.41) is 2.69. The molecule has 0 spiro atoms. The molecule has 3 N–H and O–H groups in total. The van der Waals surface area contributed by atoms with Crippen molar-refractivity contribution in [3.05, 3.63) is 23.5 Å². The number of aryl methyl sites for hydroxylation is 1. The summed E-state index contributed by atoms with van der Waals surface area (Å²) in [5.41, 5.74) is 6.74. The second-order valence-corrected chi connectivity index (χ2v) is 5.01. The molecule has 0 unspecified atom stereocenters. The minimum absolute atomic E-state index is 0.278. The molecule has 20 heavy (non-hydrogen) atoms. The summed E-state index contributed by atoms with van der Waals surface area (Å²) < 4.78 is 4.94. The van der Waals surface area contributed by atoms with Crippen LogP contribution in [0.4, 0.5) is 5.69 Å². The lowest BCUT2D eigenvalue weighted by atomic mass is 10.1. The molecule has 1 rings (SSSR count). The second-order valence-electron chi connectivity index (χ2n) is 5.01. The summed E-state index contributed by atoms with van der Waals surface area (Å²) in [7, 11) is 0. The van der Waals surface area contributed by atoms with Gasteiger partial charge in [0.25, 0.3) is 5.91 Å². The summed E-state index contributed by atoms with van der Waals surface area (Å²) in [5.74, 6) is -0.395. The maximum absolute atomic E-state index is 11.8. The van der Waals surface area contributed by atoms with Gasteiger partial charge in [-0.25, -0.2) is 4.79 Å². The summed E-state index contributed by atoms with van der Waals surface area (Å²) in [6.07, 6.45) is 2.35. The molecule has 0 aliphatic heterocycles. The number of hydrogen-bond acceptors (Lipinski definition) is 5. The number of anilines is 1. The molecular formula is C14H21N3O3. The van der Waals surface area contributed by atoms with Gasteiger partial charge in [-0.2, -0.15) is 0 Å². The van der Waals surface area contributed by atoms with E-state index in [1.165, 1.54) is 12.3 Å². The highest BCUT2D eigenvalue weighted by Crippen LogP contribution is 2.10. The molecule has 0 atom stereocenters. The van der Waals surface area contributed by atoms with Crippen LogP contribution in [0.25, 0.3) is 0 Å². The van der Waals surface area contributed by atoms with Crippen LogP contribution in [-0.4, -0.2) is 30.0 Å². The molecule has 0 saturated heterocycles. The summed E-state index contributed by atoms with van der Waals surface area (Å²) in [6.45, 7) is 6.10. The van der Waals surface area contributed by atoms with Crippen LogP contribution in [0, 0.1) is 12.8 Å². The molecule has 0 aliphatic carbocycles. The number of nitrogens with two attached hydrogens (primary N) is 1. The molecule has 0 aliphatic rings. The van der Waals surface area contributed by atoms with Crippen LogP contribution in [0.15, 0.2) is 12.3 Å². The van der Waals surface area contributed by atoms with Gasteiger partial charge in [-0.05, 0) is 25.3 Å². The number of aromatic nitrogens is 1. The monoisotopic (exact) mass is 279 g/mol. The predicted molar refractivity (Wildman–Crippen MR) is 76.1 cm³/mol. The number of esters is 1. The first kappa shape index (κ1) is 15.9. The van der Waals surface area contributed by atoms with Crippen molar-refractivity contribution in [1.82, 2.24) is 10.3 Å². The van der Waals surface area contributed by atoms with Gasteiger partial charge in [-0.3, -0.25) is 9.78 Å². The van der Waals surface area contributed by atoms with Crippen molar-refractivity contribution in [3.8, 4) is 0 Å². The van der Waals surface area contributed by atoms with Crippen molar-refractivity contribution in [2.45, 2.75) is 27.2 Å². The highest BCUT2D eigenvalue weighted by Gasteiger charge is 2.13. The fraction of sp³-hybridized carbons (Fsp3) is 0.500. The molecule has 1 heterocycles. The number of nitrogen functional groups attached to an aromatic ring is 1. The SMILES string of the molecule is Cc1ncc(N)cc1C(=O)OCC(=O)NCCC(C)C. The zero-order valence-corrected chi connectivity index (χ0v) is 12.1. The van der Waals surface area contributed by atoms with Gasteiger partial charge in [0, 0.05) is 6.54 Å². The number of rotatable bonds is 6. The molecule has 110 valence electrons. The molecular weight excluding hydrogens is 258 g/mol. The summed E-state index contributed by atoms with van der Waals surface area (Å²) in [6, 6.07) is 1.49. The largest absolute Gasteiger partial charge is 0.452 e. The molecule has 6 nitrogen and oxygen atoms in total. The van der Waals surface area contributed by atoms with E-state index in [0.29, 0.717) is 23.8 Å². The Labute approximate surface area is 118 Å². The Morgan fingerprint density at radius 3 is 2.80 bits per heavy atom. The molecule has 6 heteroatoms. The van der Waals surface area contributed by atoms with Crippen LogP contribution in [0.1, 0.15) is 36.3 Å². The average Bonchev–Trinajstić information content (AvgIpc) is 2.38. The van der Waals surface area contributed by atoms with E-state index < -0.39 is 5.97 Å². The molecule has 1 aromatic heterocycles. The number of nitrogens with one attached hydrogen (secondary N) is 1. The van der Waals surface area contributed by atoms with Gasteiger partial charge in [0.1, 0.15) is 0 Å². The normalized spacial score (nSPS) is 10.4. The predicted octanol–water partition coefficient (Wildman–Crippen LogP) is 1.29. The van der Waals surface area contributed by atoms with E-state index >= 15 is 0 Å². The van der Waals surface area contributed by atoms with E-state index in [0.717, 1.165) is 6.42 Å². The van der Waals surface area contributed by atoms with E-state index in [1.54, 1.807) is 6.92 Å². The number of ether oxygens (including phenoxy) is 1. The number of pyridine rings is 1. The fourth-order valence-corrected chi connectivity index (χ4v) is 1.52. The van der Waals surface area contributed by atoms with E-state index in [-0.39, 0.29) is 18.1 Å². The van der Waals surface area contributed by atoms with Gasteiger partial charge < -0.3 is 15.8 Å². The maximum Gasteiger partial charge on any atom is 0.340 e. The Bertz CT molecular complexity index is 487. The lowest BCUT2D eigenvalue weighted by Crippen LogP contribution is -2.30. The van der Waals surface area contributed by atoms with Crippen molar-refractivity contribution in [2.24, 2.45) is 5.92 Å². The van der Waals surface area contributed by atoms with Gasteiger partial charge in [0.05, 0.1) is 23.1 Å². The molecule has 1 amide bonds. The van der Waals surface area contributed by atoms with Gasteiger partial charge >= 0.3 is 5.97 Å². The van der Waals surface area contributed by atoms with Crippen LogP contribution >= 0.6 is 0 Å². The number of amides is 1. The van der Waals surface area contributed by atoms with Gasteiger partial charge in [-0.1, -0.05) is 13.8 Å². The summed E-state index contributed by atoms with van der Waals surface area (Å²) >= 11 is 0. The Hall–Kier alpha value is -2.11. The standard InChI is InChI=1S/C14H21N3O3/c1-9(2)4-5-16-13(18)8-20-14(19)12-6-11(15)7-17-10(12)3/h6-7,9H,4-5,8,15H2,1-3H3,(H,16,18). The number of hydrogen-bond donors (Lipinski definition) is 2. The molecule has 0 radical (unpaired) electrons. The Morgan fingerprint density at radius 2 is 2.15 bits per heavy atom. The van der Waals surface area contributed by atoms with Crippen LogP contribution in [0.2, 0.25) is 0 Å². The summed E-state index contributed by atoms with van der Waals surface area (Å²) in [4.78, 5) is 27.3. The average molecular weight is 279 g/mol. The zero-order chi connectivity index (χ0) is 15.1. The van der Waals surface area contributed by atoms with Crippen molar-refractivity contribution in [3.63, 3.8) is 0 Å². The molecule has 0 fully saturated rings. The molecule has 0 aromatic carbocycles. The lowest BCUT2D eigenvalue weighted by molar-refractivity contribution is -0.124. The minimum atomic E-state index is -0.596. The zero-order valence-electron chi connectivity index (χ0n) is 12.1. The first-order valence-corrected chi connectivity index (χ1v) is 6.56. The van der Waals surface area contributed by atoms with E-state index in [1.807, 2.05) is 0 Å². The Kier molecular flexibility index (Phi) is 5.96. The topological polar surface area (TPSA) is 94.3 Å². The van der Waals surface area contributed by atoms with Crippen LogP contribution in [-0.2, 0) is 9.53 Å². The van der Waals surface area contributed by atoms with Gasteiger partial charge in [-0.15, -0.1) is 0 Å². The van der Waals surface area contributed by atoms with Crippen LogP contribution < -0.4 is 11.1 Å². The molecule has 1 aromatic rings. The third-order valence-corrected chi connectivity index (χ3v) is 2.71. The van der Waals surface area contributed by atoms with Gasteiger partial charge in [0.2, 0.25) is 0 Å². The highest BCUT2D eigenvalue weighted by molar-refractivity contribution is 5.93. The van der Waals surface area contributed by atoms with Crippen LogP contribution in [0.5, 0.6) is 0 Å². The van der Waals surface area contributed by atoms with Crippen molar-refractivity contribution in [2.75, 3.05) is 18.9 Å². The quantitative estimate of drug-likeness (QED) is 0.765. The number of carbonyl (C=O) groups is 2. The van der Waals surface area contributed by atoms with Crippen LogP contribution in [0.3, 0.4) is 0 Å². The highest BCUT2D eigenvalue weighted by atomic mass is 16.5. The molecule has 0 saturated carbocycles. The van der Waals surface area contributed by atoms with E-state index in [9.17, 15) is 9.59 Å². The van der Waals surface area contributed by atoms with E-state index in [2.05, 4.69) is 24.1 Å². The third kappa shape index (κ3) is 5.26. The second kappa shape index (κ2) is 7.47. The maximum atomic E-state index is 11.8. The number of carbonyl (C=O) groups excluding carboxylic acids is 2. The first-order valence-electron chi connectivity index (χ1n) is 6.56. The molecule has 0 bridgehead atoms. The first-order chi connectivity index (χ1) is 9.40. The Morgan fingerprint density at radius 1 is 1.45 bits per heavy atom. The number of nitrogens with zero attached hydrogens (tertiary/aromatic N) is 1. The van der Waals surface area contributed by atoms with Gasteiger partial charge in [0.15, 0.2) is 6.61 Å². The van der Waals surface area contributed by atoms with Crippen molar-refractivity contribution < 1.29 is 14.3 Å². The Balaban J connectivity index is 2.43. The smallest absolute Gasteiger partial charge is 0.340 e. The lowest BCUT2D eigenvalue weighted by Gasteiger charge is -2.09. The fourth-order valence-electron chi connectivity index (χ4n) is 1.52. The third-order valence-electron chi connectivity index (χ3n) is 2.71. The minimum Gasteiger partial charge on any atom is -0.452 e. The van der Waals surface area contributed by atoms with Crippen molar-refractivity contribution in [1.29, 1.82) is 0 Å². The van der Waals surface area contributed by atoms with E-state index in [4.69, 9.17) is 10.5 Å². The van der Waals surface area contributed by atoms with Crippen molar-refractivity contribution >= 4 is 17.6 Å².